The van der Waals surface area contributed by atoms with Crippen molar-refractivity contribution < 1.29 is 0 Å². The highest BCUT2D eigenvalue weighted by molar-refractivity contribution is 9.10. The van der Waals surface area contributed by atoms with Gasteiger partial charge < -0.3 is 4.40 Å². The van der Waals surface area contributed by atoms with Crippen LogP contribution in [-0.4, -0.2) is 14.4 Å². The van der Waals surface area contributed by atoms with Crippen molar-refractivity contribution in [3.8, 4) is 0 Å². The second kappa shape index (κ2) is 5.35. The molecule has 0 saturated carbocycles. The lowest BCUT2D eigenvalue weighted by atomic mass is 10.1. The first-order chi connectivity index (χ1) is 9.24. The zero-order valence-corrected chi connectivity index (χ0v) is 12.8. The fourth-order valence-electron chi connectivity index (χ4n) is 1.89. The van der Waals surface area contributed by atoms with Gasteiger partial charge in [0.1, 0.15) is 9.63 Å². The highest BCUT2D eigenvalue weighted by Crippen LogP contribution is 2.27. The summed E-state index contributed by atoms with van der Waals surface area (Å²) in [5.74, 6) is 0.901. The van der Waals surface area contributed by atoms with Crippen LogP contribution < -0.4 is 0 Å². The minimum atomic E-state index is 0.824. The molecule has 0 amide bonds. The number of aryl methyl sites for hydroxylation is 1. The third kappa shape index (κ3) is 2.67. The zero-order chi connectivity index (χ0) is 13.2. The standard InChI is InChI=1S/C14H12BrN3S/c1-10-4-2-3-5-11(10)9-19-14-13-16-6-7-18(13)8-12(15)17-14/h2-8H,9H2,1H3. The second-order valence-corrected chi connectivity index (χ2v) is 6.02. The molecule has 2 heterocycles. The largest absolute Gasteiger partial charge is 0.302 e. The van der Waals surface area contributed by atoms with Crippen LogP contribution in [-0.2, 0) is 5.75 Å². The van der Waals surface area contributed by atoms with E-state index in [0.717, 1.165) is 21.0 Å². The predicted octanol–water partition coefficient (Wildman–Crippen LogP) is 4.09. The Morgan fingerprint density at radius 3 is 3.00 bits per heavy atom. The van der Waals surface area contributed by atoms with Crippen LogP contribution in [0.3, 0.4) is 0 Å². The van der Waals surface area contributed by atoms with Gasteiger partial charge in [0.2, 0.25) is 0 Å². The van der Waals surface area contributed by atoms with E-state index in [2.05, 4.69) is 57.1 Å². The molecule has 0 spiro atoms. The lowest BCUT2D eigenvalue weighted by Gasteiger charge is -2.06. The fourth-order valence-corrected chi connectivity index (χ4v) is 3.47. The van der Waals surface area contributed by atoms with Gasteiger partial charge >= 0.3 is 0 Å². The van der Waals surface area contributed by atoms with Crippen molar-refractivity contribution in [2.24, 2.45) is 0 Å². The number of fused-ring (bicyclic) bond motifs is 1. The molecule has 19 heavy (non-hydrogen) atoms. The Labute approximate surface area is 124 Å². The predicted molar refractivity (Wildman–Crippen MR) is 81.4 cm³/mol. The number of benzene rings is 1. The topological polar surface area (TPSA) is 30.2 Å². The molecule has 2 aromatic heterocycles. The molecule has 5 heteroatoms. The highest BCUT2D eigenvalue weighted by atomic mass is 79.9. The molecule has 0 aliphatic heterocycles. The van der Waals surface area contributed by atoms with Gasteiger partial charge in [0.05, 0.1) is 0 Å². The molecule has 0 N–H and O–H groups in total. The summed E-state index contributed by atoms with van der Waals surface area (Å²) in [6, 6.07) is 8.43. The van der Waals surface area contributed by atoms with Crippen LogP contribution in [0.15, 0.2) is 52.5 Å². The minimum absolute atomic E-state index is 0.824. The molecule has 0 radical (unpaired) electrons. The van der Waals surface area contributed by atoms with E-state index < -0.39 is 0 Å². The lowest BCUT2D eigenvalue weighted by Crippen LogP contribution is -1.93. The smallest absolute Gasteiger partial charge is 0.169 e. The summed E-state index contributed by atoms with van der Waals surface area (Å²) in [7, 11) is 0. The van der Waals surface area contributed by atoms with E-state index in [0.29, 0.717) is 0 Å². The van der Waals surface area contributed by atoms with Gasteiger partial charge in [0.15, 0.2) is 5.65 Å². The van der Waals surface area contributed by atoms with E-state index in [4.69, 9.17) is 0 Å². The average molecular weight is 334 g/mol. The van der Waals surface area contributed by atoms with Gasteiger partial charge in [-0.05, 0) is 34.0 Å². The first-order valence-electron chi connectivity index (χ1n) is 5.90. The van der Waals surface area contributed by atoms with Gasteiger partial charge in [0.25, 0.3) is 0 Å². The SMILES string of the molecule is Cc1ccccc1CSc1nc(Br)cn2ccnc12. The Morgan fingerprint density at radius 1 is 1.32 bits per heavy atom. The van der Waals surface area contributed by atoms with Crippen molar-refractivity contribution in [3.63, 3.8) is 0 Å². The summed E-state index contributed by atoms with van der Waals surface area (Å²) in [6.45, 7) is 2.13. The first-order valence-corrected chi connectivity index (χ1v) is 7.68. The van der Waals surface area contributed by atoms with Gasteiger partial charge in [-0.3, -0.25) is 0 Å². The highest BCUT2D eigenvalue weighted by Gasteiger charge is 2.08. The van der Waals surface area contributed by atoms with Gasteiger partial charge in [0, 0.05) is 24.3 Å². The zero-order valence-electron chi connectivity index (χ0n) is 10.4. The van der Waals surface area contributed by atoms with E-state index in [-0.39, 0.29) is 0 Å². The van der Waals surface area contributed by atoms with Crippen LogP contribution >= 0.6 is 27.7 Å². The maximum atomic E-state index is 4.51. The summed E-state index contributed by atoms with van der Waals surface area (Å²) in [5.41, 5.74) is 3.55. The van der Waals surface area contributed by atoms with Crippen molar-refractivity contribution >= 4 is 33.3 Å². The Bertz CT molecular complexity index is 724. The molecule has 0 unspecified atom stereocenters. The average Bonchev–Trinajstić information content (AvgIpc) is 2.85. The molecule has 0 aliphatic rings. The van der Waals surface area contributed by atoms with Gasteiger partial charge in [-0.25, -0.2) is 9.97 Å². The molecular formula is C14H12BrN3S. The number of thioether (sulfide) groups is 1. The fraction of sp³-hybridized carbons (Fsp3) is 0.143. The number of halogens is 1. The third-order valence-corrected chi connectivity index (χ3v) is 4.32. The van der Waals surface area contributed by atoms with E-state index in [9.17, 15) is 0 Å². The Balaban J connectivity index is 1.90. The number of imidazole rings is 1. The van der Waals surface area contributed by atoms with Gasteiger partial charge in [-0.1, -0.05) is 36.0 Å². The summed E-state index contributed by atoms with van der Waals surface area (Å²) in [4.78, 5) is 8.87. The van der Waals surface area contributed by atoms with Crippen LogP contribution in [0.1, 0.15) is 11.1 Å². The number of hydrogen-bond acceptors (Lipinski definition) is 3. The van der Waals surface area contributed by atoms with Crippen LogP contribution in [0.2, 0.25) is 0 Å². The van der Waals surface area contributed by atoms with Crippen molar-refractivity contribution in [2.45, 2.75) is 17.7 Å². The number of aromatic nitrogens is 3. The van der Waals surface area contributed by atoms with Gasteiger partial charge in [-0.15, -0.1) is 0 Å². The van der Waals surface area contributed by atoms with Gasteiger partial charge in [-0.2, -0.15) is 0 Å². The van der Waals surface area contributed by atoms with E-state index in [1.54, 1.807) is 18.0 Å². The summed E-state index contributed by atoms with van der Waals surface area (Å²) < 4.78 is 2.81. The molecular weight excluding hydrogens is 322 g/mol. The summed E-state index contributed by atoms with van der Waals surface area (Å²) >= 11 is 5.15. The quantitative estimate of drug-likeness (QED) is 0.676. The Kier molecular flexibility index (Phi) is 3.57. The number of rotatable bonds is 3. The maximum absolute atomic E-state index is 4.51. The van der Waals surface area contributed by atoms with Crippen molar-refractivity contribution in [2.75, 3.05) is 0 Å². The Hall–Kier alpha value is -1.33. The second-order valence-electron chi connectivity index (χ2n) is 4.24. The molecule has 0 fully saturated rings. The van der Waals surface area contributed by atoms with Crippen molar-refractivity contribution in [1.82, 2.24) is 14.4 Å². The van der Waals surface area contributed by atoms with Crippen molar-refractivity contribution in [3.05, 3.63) is 58.6 Å². The number of nitrogens with zero attached hydrogens (tertiary/aromatic N) is 3. The van der Waals surface area contributed by atoms with Crippen LogP contribution in [0.4, 0.5) is 0 Å². The normalized spacial score (nSPS) is 11.1. The van der Waals surface area contributed by atoms with Crippen molar-refractivity contribution in [1.29, 1.82) is 0 Å². The summed E-state index contributed by atoms with van der Waals surface area (Å²) in [6.07, 6.45) is 5.64. The van der Waals surface area contributed by atoms with E-state index >= 15 is 0 Å². The maximum Gasteiger partial charge on any atom is 0.169 e. The molecule has 3 nitrogen and oxygen atoms in total. The number of hydrogen-bond donors (Lipinski definition) is 0. The molecule has 0 aliphatic carbocycles. The van der Waals surface area contributed by atoms with Crippen LogP contribution in [0.5, 0.6) is 0 Å². The molecule has 0 saturated heterocycles. The first kappa shape index (κ1) is 12.7. The summed E-state index contributed by atoms with van der Waals surface area (Å²) in [5, 5.41) is 0.947. The monoisotopic (exact) mass is 333 g/mol. The van der Waals surface area contributed by atoms with E-state index in [1.807, 2.05) is 16.8 Å². The van der Waals surface area contributed by atoms with Crippen LogP contribution in [0, 0.1) is 6.92 Å². The third-order valence-electron chi connectivity index (χ3n) is 2.94. The van der Waals surface area contributed by atoms with E-state index in [1.165, 1.54) is 11.1 Å². The molecule has 0 atom stereocenters. The molecule has 96 valence electrons. The molecule has 0 bridgehead atoms. The Morgan fingerprint density at radius 2 is 2.16 bits per heavy atom. The minimum Gasteiger partial charge on any atom is -0.302 e. The van der Waals surface area contributed by atoms with Crippen LogP contribution in [0.25, 0.3) is 5.65 Å². The molecule has 1 aromatic carbocycles. The lowest BCUT2D eigenvalue weighted by molar-refractivity contribution is 1.01. The molecule has 3 rings (SSSR count). The molecule has 3 aromatic rings.